The normalized spacial score (nSPS) is 16.1. The Kier molecular flexibility index (Phi) is 6.23. The first-order valence-electron chi connectivity index (χ1n) is 9.30. The minimum Gasteiger partial charge on any atom is -0.497 e. The number of carbonyl (C=O) groups is 1. The number of nitrogens with zero attached hydrogens (tertiary/aromatic N) is 2. The number of nitrogens with one attached hydrogen (secondary N) is 1. The third-order valence-corrected chi connectivity index (χ3v) is 4.94. The molecule has 26 heavy (non-hydrogen) atoms. The van der Waals surface area contributed by atoms with Gasteiger partial charge in [-0.3, -0.25) is 9.78 Å². The molecule has 1 aliphatic heterocycles. The lowest BCUT2D eigenvalue weighted by atomic mass is 10.1. The molecule has 5 heteroatoms. The van der Waals surface area contributed by atoms with E-state index in [1.54, 1.807) is 13.3 Å². The minimum absolute atomic E-state index is 0.0218. The number of ether oxygens (including phenoxy) is 1. The molecular weight excluding hydrogens is 326 g/mol. The molecule has 0 spiro atoms. The lowest BCUT2D eigenvalue weighted by molar-refractivity contribution is -0.117. The minimum atomic E-state index is 0.0218. The van der Waals surface area contributed by atoms with Crippen molar-refractivity contribution in [3.8, 4) is 17.0 Å². The van der Waals surface area contributed by atoms with Gasteiger partial charge < -0.3 is 15.0 Å². The molecule has 1 unspecified atom stereocenters. The fourth-order valence-corrected chi connectivity index (χ4v) is 3.46. The molecule has 0 aliphatic carbocycles. The van der Waals surface area contributed by atoms with Crippen LogP contribution in [0.3, 0.4) is 0 Å². The van der Waals surface area contributed by atoms with Crippen LogP contribution in [0.2, 0.25) is 0 Å². The van der Waals surface area contributed by atoms with Crippen LogP contribution >= 0.6 is 0 Å². The number of benzene rings is 1. The molecule has 1 atom stereocenters. The molecule has 2 heterocycles. The van der Waals surface area contributed by atoms with Crippen molar-refractivity contribution in [1.82, 2.24) is 9.88 Å². The topological polar surface area (TPSA) is 54.5 Å². The number of likely N-dealkylation sites (tertiary alicyclic amines) is 1. The number of methoxy groups -OCH3 is 1. The smallest absolute Gasteiger partial charge is 0.225 e. The second-order valence-electron chi connectivity index (χ2n) is 6.82. The largest absolute Gasteiger partial charge is 0.497 e. The molecule has 1 N–H and O–H groups in total. The quantitative estimate of drug-likeness (QED) is 0.854. The van der Waals surface area contributed by atoms with Gasteiger partial charge in [-0.2, -0.15) is 0 Å². The van der Waals surface area contributed by atoms with Crippen LogP contribution < -0.4 is 10.1 Å². The first-order chi connectivity index (χ1) is 12.7. The van der Waals surface area contributed by atoms with Crippen molar-refractivity contribution >= 4 is 11.6 Å². The van der Waals surface area contributed by atoms with Crippen LogP contribution in [-0.2, 0) is 4.79 Å². The molecule has 0 bridgehead atoms. The SMILES string of the molecule is COc1ccc(-c2ccccn2)c(NC(=O)CC(C)N2CCCCC2)c1. The highest BCUT2D eigenvalue weighted by atomic mass is 16.5. The molecule has 5 nitrogen and oxygen atoms in total. The lowest BCUT2D eigenvalue weighted by Gasteiger charge is -2.32. The van der Waals surface area contributed by atoms with E-state index in [2.05, 4.69) is 22.1 Å². The first kappa shape index (κ1) is 18.4. The average molecular weight is 353 g/mol. The van der Waals surface area contributed by atoms with Crippen LogP contribution in [0, 0.1) is 0 Å². The van der Waals surface area contributed by atoms with E-state index in [0.717, 1.165) is 30.0 Å². The van der Waals surface area contributed by atoms with Crippen molar-refractivity contribution in [2.24, 2.45) is 0 Å². The van der Waals surface area contributed by atoms with E-state index in [-0.39, 0.29) is 11.9 Å². The number of carbonyl (C=O) groups excluding carboxylic acids is 1. The van der Waals surface area contributed by atoms with Gasteiger partial charge >= 0.3 is 0 Å². The van der Waals surface area contributed by atoms with E-state index in [0.29, 0.717) is 12.2 Å². The fourth-order valence-electron chi connectivity index (χ4n) is 3.46. The number of rotatable bonds is 6. The number of anilines is 1. The number of aromatic nitrogens is 1. The first-order valence-corrected chi connectivity index (χ1v) is 9.30. The Morgan fingerprint density at radius 2 is 2.04 bits per heavy atom. The molecule has 1 aromatic carbocycles. The summed E-state index contributed by atoms with van der Waals surface area (Å²) in [5, 5.41) is 3.07. The third kappa shape index (κ3) is 4.61. The van der Waals surface area contributed by atoms with E-state index in [4.69, 9.17) is 4.74 Å². The molecule has 1 fully saturated rings. The zero-order valence-electron chi connectivity index (χ0n) is 15.6. The van der Waals surface area contributed by atoms with Gasteiger partial charge in [-0.1, -0.05) is 12.5 Å². The Hall–Kier alpha value is -2.40. The van der Waals surface area contributed by atoms with E-state index in [9.17, 15) is 4.79 Å². The van der Waals surface area contributed by atoms with Crippen LogP contribution in [0.5, 0.6) is 5.75 Å². The second kappa shape index (κ2) is 8.81. The van der Waals surface area contributed by atoms with Gasteiger partial charge in [-0.25, -0.2) is 0 Å². The number of pyridine rings is 1. The Morgan fingerprint density at radius 1 is 1.23 bits per heavy atom. The maximum atomic E-state index is 12.6. The Balaban J connectivity index is 1.74. The maximum Gasteiger partial charge on any atom is 0.225 e. The summed E-state index contributed by atoms with van der Waals surface area (Å²) < 4.78 is 5.32. The summed E-state index contributed by atoms with van der Waals surface area (Å²) >= 11 is 0. The van der Waals surface area contributed by atoms with Gasteiger partial charge in [-0.15, -0.1) is 0 Å². The van der Waals surface area contributed by atoms with Crippen LogP contribution in [0.1, 0.15) is 32.6 Å². The van der Waals surface area contributed by atoms with E-state index < -0.39 is 0 Å². The monoisotopic (exact) mass is 353 g/mol. The molecule has 1 amide bonds. The van der Waals surface area contributed by atoms with Crippen molar-refractivity contribution < 1.29 is 9.53 Å². The van der Waals surface area contributed by atoms with Gasteiger partial charge in [0.05, 0.1) is 18.5 Å². The summed E-state index contributed by atoms with van der Waals surface area (Å²) in [5.74, 6) is 0.734. The number of hydrogen-bond donors (Lipinski definition) is 1. The predicted molar refractivity (Wildman–Crippen MR) is 104 cm³/mol. The van der Waals surface area contributed by atoms with Gasteiger partial charge in [0.25, 0.3) is 0 Å². The van der Waals surface area contributed by atoms with Crippen LogP contribution in [0.15, 0.2) is 42.6 Å². The molecule has 0 radical (unpaired) electrons. The number of hydrogen-bond acceptors (Lipinski definition) is 4. The van der Waals surface area contributed by atoms with E-state index in [1.165, 1.54) is 19.3 Å². The lowest BCUT2D eigenvalue weighted by Crippen LogP contribution is -2.39. The standard InChI is InChI=1S/C21H27N3O2/c1-16(24-12-6-3-7-13-24)14-21(25)23-20-15-17(26-2)9-10-18(20)19-8-4-5-11-22-19/h4-5,8-11,15-16H,3,6-7,12-14H2,1-2H3,(H,23,25). The Morgan fingerprint density at radius 3 is 2.73 bits per heavy atom. The molecule has 0 saturated carbocycles. The van der Waals surface area contributed by atoms with E-state index >= 15 is 0 Å². The summed E-state index contributed by atoms with van der Waals surface area (Å²) in [5.41, 5.74) is 2.46. The van der Waals surface area contributed by atoms with Crippen molar-refractivity contribution in [2.75, 3.05) is 25.5 Å². The predicted octanol–water partition coefficient (Wildman–Crippen LogP) is 3.96. The molecule has 138 valence electrons. The molecule has 1 aromatic heterocycles. The fraction of sp³-hybridized carbons (Fsp3) is 0.429. The van der Waals surface area contributed by atoms with Gasteiger partial charge in [-0.05, 0) is 57.1 Å². The zero-order chi connectivity index (χ0) is 18.4. The molecular formula is C21H27N3O2. The summed E-state index contributed by atoms with van der Waals surface area (Å²) in [6, 6.07) is 11.7. The highest BCUT2D eigenvalue weighted by Crippen LogP contribution is 2.30. The number of amides is 1. The highest BCUT2D eigenvalue weighted by molar-refractivity contribution is 5.95. The number of piperidine rings is 1. The summed E-state index contributed by atoms with van der Waals surface area (Å²) in [6.07, 6.45) is 5.99. The maximum absolute atomic E-state index is 12.6. The van der Waals surface area contributed by atoms with Crippen molar-refractivity contribution in [3.05, 3.63) is 42.6 Å². The summed E-state index contributed by atoms with van der Waals surface area (Å²) in [7, 11) is 1.62. The zero-order valence-corrected chi connectivity index (χ0v) is 15.6. The van der Waals surface area contributed by atoms with Gasteiger partial charge in [0.15, 0.2) is 0 Å². The Labute approximate surface area is 155 Å². The average Bonchev–Trinajstić information content (AvgIpc) is 2.69. The van der Waals surface area contributed by atoms with Crippen molar-refractivity contribution in [1.29, 1.82) is 0 Å². The molecule has 3 rings (SSSR count). The van der Waals surface area contributed by atoms with Gasteiger partial charge in [0.1, 0.15) is 5.75 Å². The van der Waals surface area contributed by atoms with Crippen molar-refractivity contribution in [2.45, 2.75) is 38.6 Å². The second-order valence-corrected chi connectivity index (χ2v) is 6.82. The summed E-state index contributed by atoms with van der Waals surface area (Å²) in [6.45, 7) is 4.32. The van der Waals surface area contributed by atoms with Gasteiger partial charge in [0, 0.05) is 30.3 Å². The van der Waals surface area contributed by atoms with Crippen LogP contribution in [0.4, 0.5) is 5.69 Å². The molecule has 1 aliphatic rings. The third-order valence-electron chi connectivity index (χ3n) is 4.94. The van der Waals surface area contributed by atoms with E-state index in [1.807, 2.05) is 36.4 Å². The van der Waals surface area contributed by atoms with Crippen LogP contribution in [0.25, 0.3) is 11.3 Å². The van der Waals surface area contributed by atoms with Crippen LogP contribution in [-0.4, -0.2) is 42.0 Å². The molecule has 2 aromatic rings. The Bertz CT molecular complexity index is 727. The van der Waals surface area contributed by atoms with Crippen molar-refractivity contribution in [3.63, 3.8) is 0 Å². The highest BCUT2D eigenvalue weighted by Gasteiger charge is 2.20. The summed E-state index contributed by atoms with van der Waals surface area (Å²) in [4.78, 5) is 19.5. The van der Waals surface area contributed by atoms with Gasteiger partial charge in [0.2, 0.25) is 5.91 Å². The molecule has 1 saturated heterocycles.